The van der Waals surface area contributed by atoms with Crippen LogP contribution in [0.3, 0.4) is 0 Å². The van der Waals surface area contributed by atoms with Gasteiger partial charge in [0.15, 0.2) is 0 Å². The molecule has 0 aliphatic heterocycles. The third-order valence-corrected chi connectivity index (χ3v) is 6.15. The summed E-state index contributed by atoms with van der Waals surface area (Å²) in [4.78, 5) is 5.01. The first-order valence-corrected chi connectivity index (χ1v) is 11.4. The predicted molar refractivity (Wildman–Crippen MR) is 131 cm³/mol. The first kappa shape index (κ1) is 23.0. The maximum atomic E-state index is 6.28. The van der Waals surface area contributed by atoms with Gasteiger partial charge in [0.2, 0.25) is 0 Å². The van der Waals surface area contributed by atoms with E-state index in [1.54, 1.807) is 0 Å². The van der Waals surface area contributed by atoms with Gasteiger partial charge in [0.05, 0.1) is 5.69 Å². The fourth-order valence-corrected chi connectivity index (χ4v) is 4.13. The quantitative estimate of drug-likeness (QED) is 0.447. The Balaban J connectivity index is 1.98. The summed E-state index contributed by atoms with van der Waals surface area (Å²) in [6.07, 6.45) is 1.97. The SMILES string of the molecule is CCc1cccc(CC)c1-c1cc(CN)c(COc2cc(C(C)C)ccc2C)c(C)n1. The first-order chi connectivity index (χ1) is 14.9. The van der Waals surface area contributed by atoms with Crippen molar-refractivity contribution >= 4 is 0 Å². The van der Waals surface area contributed by atoms with E-state index in [0.717, 1.165) is 46.7 Å². The normalized spacial score (nSPS) is 11.2. The molecule has 3 aromatic rings. The number of nitrogens with two attached hydrogens (primary N) is 1. The molecule has 0 saturated carbocycles. The second-order valence-electron chi connectivity index (χ2n) is 8.56. The van der Waals surface area contributed by atoms with Crippen molar-refractivity contribution < 1.29 is 4.74 Å². The smallest absolute Gasteiger partial charge is 0.123 e. The van der Waals surface area contributed by atoms with Gasteiger partial charge in [-0.1, -0.05) is 58.0 Å². The van der Waals surface area contributed by atoms with Crippen LogP contribution in [0.1, 0.15) is 72.7 Å². The fourth-order valence-electron chi connectivity index (χ4n) is 4.13. The monoisotopic (exact) mass is 416 g/mol. The molecule has 0 aliphatic carbocycles. The molecule has 0 fully saturated rings. The maximum Gasteiger partial charge on any atom is 0.123 e. The number of aromatic nitrogens is 1. The number of hydrogen-bond acceptors (Lipinski definition) is 3. The number of aryl methyl sites for hydroxylation is 4. The zero-order chi connectivity index (χ0) is 22.5. The molecule has 3 heteroatoms. The number of rotatable bonds is 8. The number of hydrogen-bond donors (Lipinski definition) is 1. The van der Waals surface area contributed by atoms with Gasteiger partial charge in [0.1, 0.15) is 12.4 Å². The molecule has 0 unspecified atom stereocenters. The highest BCUT2D eigenvalue weighted by atomic mass is 16.5. The standard InChI is InChI=1S/C28H36N2O/c1-7-21-10-9-11-22(8-2)28(21)26-14-24(16-29)25(20(6)30-26)17-31-27-15-23(18(3)4)13-12-19(27)5/h9-15,18H,7-8,16-17,29H2,1-6H3. The summed E-state index contributed by atoms with van der Waals surface area (Å²) in [6.45, 7) is 13.9. The molecule has 2 N–H and O–H groups in total. The van der Waals surface area contributed by atoms with E-state index in [-0.39, 0.29) is 0 Å². The summed E-state index contributed by atoms with van der Waals surface area (Å²) in [5, 5.41) is 0. The molecule has 0 spiro atoms. The van der Waals surface area contributed by atoms with E-state index in [2.05, 4.69) is 84.0 Å². The average molecular weight is 417 g/mol. The van der Waals surface area contributed by atoms with Gasteiger partial charge < -0.3 is 10.5 Å². The Bertz CT molecular complexity index is 1030. The lowest BCUT2D eigenvalue weighted by Crippen LogP contribution is -2.10. The van der Waals surface area contributed by atoms with Gasteiger partial charge in [-0.15, -0.1) is 0 Å². The lowest BCUT2D eigenvalue weighted by molar-refractivity contribution is 0.301. The van der Waals surface area contributed by atoms with Crippen molar-refractivity contribution in [1.82, 2.24) is 4.98 Å². The van der Waals surface area contributed by atoms with Crippen LogP contribution < -0.4 is 10.5 Å². The van der Waals surface area contributed by atoms with Gasteiger partial charge in [-0.3, -0.25) is 4.98 Å². The largest absolute Gasteiger partial charge is 0.489 e. The van der Waals surface area contributed by atoms with E-state index in [4.69, 9.17) is 15.5 Å². The van der Waals surface area contributed by atoms with E-state index in [0.29, 0.717) is 19.1 Å². The molecule has 1 aromatic heterocycles. The molecule has 2 aromatic carbocycles. The van der Waals surface area contributed by atoms with Gasteiger partial charge in [-0.25, -0.2) is 0 Å². The fraction of sp³-hybridized carbons (Fsp3) is 0.393. The first-order valence-electron chi connectivity index (χ1n) is 11.4. The molecule has 31 heavy (non-hydrogen) atoms. The maximum absolute atomic E-state index is 6.28. The number of pyridine rings is 1. The Morgan fingerprint density at radius 1 is 0.935 bits per heavy atom. The zero-order valence-corrected chi connectivity index (χ0v) is 19.9. The minimum Gasteiger partial charge on any atom is -0.489 e. The van der Waals surface area contributed by atoms with Crippen LogP contribution in [0, 0.1) is 13.8 Å². The lowest BCUT2D eigenvalue weighted by Gasteiger charge is -2.18. The van der Waals surface area contributed by atoms with Crippen LogP contribution in [-0.4, -0.2) is 4.98 Å². The number of benzene rings is 2. The Morgan fingerprint density at radius 3 is 2.19 bits per heavy atom. The average Bonchev–Trinajstić information content (AvgIpc) is 2.77. The van der Waals surface area contributed by atoms with Crippen molar-refractivity contribution in [2.75, 3.05) is 0 Å². The molecule has 0 radical (unpaired) electrons. The molecule has 0 atom stereocenters. The highest BCUT2D eigenvalue weighted by molar-refractivity contribution is 5.69. The summed E-state index contributed by atoms with van der Waals surface area (Å²) in [6, 6.07) is 15.2. The molecule has 0 amide bonds. The second kappa shape index (κ2) is 10.1. The van der Waals surface area contributed by atoms with E-state index in [1.807, 2.05) is 0 Å². The molecule has 3 rings (SSSR count). The molecule has 3 nitrogen and oxygen atoms in total. The van der Waals surface area contributed by atoms with Gasteiger partial charge in [-0.05, 0) is 72.6 Å². The third-order valence-electron chi connectivity index (χ3n) is 6.15. The van der Waals surface area contributed by atoms with Crippen LogP contribution in [-0.2, 0) is 26.0 Å². The molecular weight excluding hydrogens is 380 g/mol. The summed E-state index contributed by atoms with van der Waals surface area (Å²) in [7, 11) is 0. The van der Waals surface area contributed by atoms with E-state index < -0.39 is 0 Å². The number of nitrogens with zero attached hydrogens (tertiary/aromatic N) is 1. The molecule has 0 bridgehead atoms. The minimum atomic E-state index is 0.468. The van der Waals surface area contributed by atoms with Crippen molar-refractivity contribution in [3.05, 3.63) is 81.5 Å². The van der Waals surface area contributed by atoms with Gasteiger partial charge in [0.25, 0.3) is 0 Å². The highest BCUT2D eigenvalue weighted by Gasteiger charge is 2.16. The second-order valence-corrected chi connectivity index (χ2v) is 8.56. The van der Waals surface area contributed by atoms with Crippen LogP contribution >= 0.6 is 0 Å². The van der Waals surface area contributed by atoms with Crippen LogP contribution in [0.15, 0.2) is 42.5 Å². The Morgan fingerprint density at radius 2 is 1.61 bits per heavy atom. The summed E-state index contributed by atoms with van der Waals surface area (Å²) < 4.78 is 6.28. The van der Waals surface area contributed by atoms with Gasteiger partial charge >= 0.3 is 0 Å². The Kier molecular flexibility index (Phi) is 7.50. The van der Waals surface area contributed by atoms with Gasteiger partial charge in [0, 0.05) is 23.4 Å². The lowest BCUT2D eigenvalue weighted by atomic mass is 9.93. The molecule has 1 heterocycles. The predicted octanol–water partition coefficient (Wildman–Crippen LogP) is 6.65. The molecule has 0 saturated heterocycles. The van der Waals surface area contributed by atoms with Crippen LogP contribution in [0.5, 0.6) is 5.75 Å². The highest BCUT2D eigenvalue weighted by Crippen LogP contribution is 2.31. The van der Waals surface area contributed by atoms with E-state index >= 15 is 0 Å². The summed E-state index contributed by atoms with van der Waals surface area (Å²) in [5.74, 6) is 1.40. The molecular formula is C28H36N2O. The Hall–Kier alpha value is -2.65. The van der Waals surface area contributed by atoms with E-state index in [9.17, 15) is 0 Å². The van der Waals surface area contributed by atoms with Crippen LogP contribution in [0.25, 0.3) is 11.3 Å². The Labute approximate surface area is 187 Å². The minimum absolute atomic E-state index is 0.468. The summed E-state index contributed by atoms with van der Waals surface area (Å²) >= 11 is 0. The van der Waals surface area contributed by atoms with Gasteiger partial charge in [-0.2, -0.15) is 0 Å². The van der Waals surface area contributed by atoms with Crippen molar-refractivity contribution in [3.63, 3.8) is 0 Å². The summed E-state index contributed by atoms with van der Waals surface area (Å²) in [5.41, 5.74) is 16.8. The van der Waals surface area contributed by atoms with Crippen molar-refractivity contribution in [3.8, 4) is 17.0 Å². The van der Waals surface area contributed by atoms with E-state index in [1.165, 1.54) is 22.3 Å². The van der Waals surface area contributed by atoms with Crippen molar-refractivity contribution in [1.29, 1.82) is 0 Å². The van der Waals surface area contributed by atoms with Crippen molar-refractivity contribution in [2.45, 2.75) is 73.5 Å². The number of ether oxygens (including phenoxy) is 1. The molecule has 164 valence electrons. The third kappa shape index (κ3) is 4.99. The topological polar surface area (TPSA) is 48.1 Å². The molecule has 0 aliphatic rings. The zero-order valence-electron chi connectivity index (χ0n) is 19.9. The van der Waals surface area contributed by atoms with Crippen molar-refractivity contribution in [2.24, 2.45) is 5.73 Å². The van der Waals surface area contributed by atoms with Crippen LogP contribution in [0.2, 0.25) is 0 Å². The van der Waals surface area contributed by atoms with Crippen LogP contribution in [0.4, 0.5) is 0 Å².